The van der Waals surface area contributed by atoms with Gasteiger partial charge >= 0.3 is 0 Å². The summed E-state index contributed by atoms with van der Waals surface area (Å²) in [5.74, 6) is 0.685. The molecule has 3 rings (SSSR count). The highest BCUT2D eigenvalue weighted by Crippen LogP contribution is 2.33. The molecule has 4 nitrogen and oxygen atoms in total. The molecule has 6 heteroatoms. The number of halogens is 2. The van der Waals surface area contributed by atoms with Gasteiger partial charge in [0, 0.05) is 19.6 Å². The second-order valence-electron chi connectivity index (χ2n) is 5.48. The topological polar surface area (TPSA) is 39.1 Å². The first-order valence-electron chi connectivity index (χ1n) is 7.19. The minimum absolute atomic E-state index is 0. The van der Waals surface area contributed by atoms with Crippen LogP contribution in [0.3, 0.4) is 0 Å². The molecule has 1 aromatic carbocycles. The summed E-state index contributed by atoms with van der Waals surface area (Å²) in [7, 11) is 3.52. The monoisotopic (exact) mass is 325 g/mol. The summed E-state index contributed by atoms with van der Waals surface area (Å²) >= 11 is 0. The number of methoxy groups -OCH3 is 1. The zero-order valence-electron chi connectivity index (χ0n) is 13.0. The molecule has 120 valence electrons. The Bertz CT molecular complexity index is 672. The molecule has 1 N–H and O–H groups in total. The molecule has 1 aromatic heterocycles. The maximum absolute atomic E-state index is 13.8. The quantitative estimate of drug-likeness (QED) is 0.939. The number of aryl methyl sites for hydroxylation is 2. The second-order valence-corrected chi connectivity index (χ2v) is 5.48. The average Bonchev–Trinajstić information content (AvgIpc) is 2.98. The summed E-state index contributed by atoms with van der Waals surface area (Å²) in [6.07, 6.45) is 1.72. The number of benzene rings is 1. The van der Waals surface area contributed by atoms with Gasteiger partial charge in [0.1, 0.15) is 5.82 Å². The van der Waals surface area contributed by atoms with Crippen LogP contribution in [0.4, 0.5) is 4.39 Å². The highest BCUT2D eigenvalue weighted by Gasteiger charge is 2.25. The Kier molecular flexibility index (Phi) is 5.08. The van der Waals surface area contributed by atoms with Crippen molar-refractivity contribution in [2.45, 2.75) is 32.4 Å². The summed E-state index contributed by atoms with van der Waals surface area (Å²) in [6.45, 7) is 2.64. The molecule has 1 unspecified atom stereocenters. The number of nitrogens with one attached hydrogen (secondary N) is 1. The van der Waals surface area contributed by atoms with Crippen LogP contribution < -0.4 is 10.1 Å². The Hall–Kier alpha value is -1.59. The SMILES string of the molecule is COc1c(CNC2CCc3c(F)cccc32)c(C)nn1C.Cl. The second kappa shape index (κ2) is 6.67. The van der Waals surface area contributed by atoms with Gasteiger partial charge in [-0.05, 0) is 37.0 Å². The molecule has 22 heavy (non-hydrogen) atoms. The Morgan fingerprint density at radius 1 is 1.45 bits per heavy atom. The van der Waals surface area contributed by atoms with Gasteiger partial charge in [-0.3, -0.25) is 0 Å². The zero-order chi connectivity index (χ0) is 15.0. The summed E-state index contributed by atoms with van der Waals surface area (Å²) in [6, 6.07) is 5.52. The van der Waals surface area contributed by atoms with E-state index in [2.05, 4.69) is 10.4 Å². The van der Waals surface area contributed by atoms with Crippen LogP contribution in [0, 0.1) is 12.7 Å². The van der Waals surface area contributed by atoms with Crippen molar-refractivity contribution in [1.82, 2.24) is 15.1 Å². The number of hydrogen-bond donors (Lipinski definition) is 1. The lowest BCUT2D eigenvalue weighted by Crippen LogP contribution is -2.19. The van der Waals surface area contributed by atoms with Crippen LogP contribution in [-0.4, -0.2) is 16.9 Å². The molecule has 0 bridgehead atoms. The molecular weight excluding hydrogens is 305 g/mol. The molecule has 1 heterocycles. The van der Waals surface area contributed by atoms with Gasteiger partial charge in [-0.25, -0.2) is 9.07 Å². The highest BCUT2D eigenvalue weighted by atomic mass is 35.5. The van der Waals surface area contributed by atoms with Crippen molar-refractivity contribution in [3.63, 3.8) is 0 Å². The molecule has 0 aliphatic heterocycles. The molecule has 2 aromatic rings. The van der Waals surface area contributed by atoms with Gasteiger partial charge in [0.25, 0.3) is 0 Å². The van der Waals surface area contributed by atoms with Crippen molar-refractivity contribution in [1.29, 1.82) is 0 Å². The number of aromatic nitrogens is 2. The van der Waals surface area contributed by atoms with E-state index < -0.39 is 0 Å². The molecule has 0 radical (unpaired) electrons. The Morgan fingerprint density at radius 2 is 2.23 bits per heavy atom. The fourth-order valence-electron chi connectivity index (χ4n) is 3.19. The van der Waals surface area contributed by atoms with E-state index in [9.17, 15) is 4.39 Å². The number of nitrogens with zero attached hydrogens (tertiary/aromatic N) is 2. The van der Waals surface area contributed by atoms with Gasteiger partial charge in [0.2, 0.25) is 5.88 Å². The van der Waals surface area contributed by atoms with Crippen molar-refractivity contribution < 1.29 is 9.13 Å². The smallest absolute Gasteiger partial charge is 0.216 e. The molecule has 1 aliphatic rings. The predicted molar refractivity (Wildman–Crippen MR) is 86.0 cm³/mol. The van der Waals surface area contributed by atoms with Gasteiger partial charge in [-0.2, -0.15) is 5.10 Å². The number of rotatable bonds is 4. The van der Waals surface area contributed by atoms with E-state index in [1.165, 1.54) is 6.07 Å². The maximum Gasteiger partial charge on any atom is 0.216 e. The van der Waals surface area contributed by atoms with Gasteiger partial charge in [0.05, 0.1) is 18.4 Å². The molecule has 0 amide bonds. The Balaban J connectivity index is 0.00000176. The standard InChI is InChI=1S/C16H20FN3O.ClH/c1-10-13(16(21-3)20(2)19-10)9-18-15-8-7-11-12(15)5-4-6-14(11)17;/h4-6,15,18H,7-9H2,1-3H3;1H. The predicted octanol–water partition coefficient (Wildman–Crippen LogP) is 3.08. The summed E-state index contributed by atoms with van der Waals surface area (Å²) in [5, 5.41) is 7.89. The van der Waals surface area contributed by atoms with Crippen molar-refractivity contribution in [2.24, 2.45) is 7.05 Å². The number of hydrogen-bond acceptors (Lipinski definition) is 3. The van der Waals surface area contributed by atoms with Crippen molar-refractivity contribution in [3.8, 4) is 5.88 Å². The Labute approximate surface area is 136 Å². The van der Waals surface area contributed by atoms with Gasteiger partial charge < -0.3 is 10.1 Å². The highest BCUT2D eigenvalue weighted by molar-refractivity contribution is 5.85. The lowest BCUT2D eigenvalue weighted by atomic mass is 10.1. The van der Waals surface area contributed by atoms with Gasteiger partial charge in [-0.15, -0.1) is 12.4 Å². The fraction of sp³-hybridized carbons (Fsp3) is 0.438. The van der Waals surface area contributed by atoms with E-state index >= 15 is 0 Å². The van der Waals surface area contributed by atoms with Crippen molar-refractivity contribution >= 4 is 12.4 Å². The summed E-state index contributed by atoms with van der Waals surface area (Å²) in [4.78, 5) is 0. The Morgan fingerprint density at radius 3 is 2.95 bits per heavy atom. The van der Waals surface area contributed by atoms with Crippen molar-refractivity contribution in [2.75, 3.05) is 7.11 Å². The first-order chi connectivity index (χ1) is 10.1. The van der Waals surface area contributed by atoms with Crippen molar-refractivity contribution in [3.05, 3.63) is 46.4 Å². The first-order valence-corrected chi connectivity index (χ1v) is 7.19. The molecule has 1 aliphatic carbocycles. The lowest BCUT2D eigenvalue weighted by Gasteiger charge is -2.14. The lowest BCUT2D eigenvalue weighted by molar-refractivity contribution is 0.366. The van der Waals surface area contributed by atoms with E-state index in [4.69, 9.17) is 4.74 Å². The van der Waals surface area contributed by atoms with Crippen LogP contribution >= 0.6 is 12.4 Å². The average molecular weight is 326 g/mol. The van der Waals surface area contributed by atoms with Crippen LogP contribution in [0.5, 0.6) is 5.88 Å². The van der Waals surface area contributed by atoms with Gasteiger partial charge in [-0.1, -0.05) is 12.1 Å². The fourth-order valence-corrected chi connectivity index (χ4v) is 3.19. The van der Waals surface area contributed by atoms with E-state index in [1.54, 1.807) is 17.9 Å². The third-order valence-corrected chi connectivity index (χ3v) is 4.22. The van der Waals surface area contributed by atoms with E-state index in [0.717, 1.165) is 41.1 Å². The van der Waals surface area contributed by atoms with Crippen LogP contribution in [0.2, 0.25) is 0 Å². The molecule has 0 fully saturated rings. The molecular formula is C16H21ClFN3O. The molecule has 0 saturated heterocycles. The summed E-state index contributed by atoms with van der Waals surface area (Å²) < 4.78 is 20.9. The van der Waals surface area contributed by atoms with Gasteiger partial charge in [0.15, 0.2) is 0 Å². The number of ether oxygens (including phenoxy) is 1. The van der Waals surface area contributed by atoms with Crippen LogP contribution in [-0.2, 0) is 20.0 Å². The van der Waals surface area contributed by atoms with Crippen LogP contribution in [0.15, 0.2) is 18.2 Å². The number of fused-ring (bicyclic) bond motifs is 1. The first kappa shape index (κ1) is 16.8. The third-order valence-electron chi connectivity index (χ3n) is 4.22. The van der Waals surface area contributed by atoms with E-state index in [-0.39, 0.29) is 24.3 Å². The largest absolute Gasteiger partial charge is 0.481 e. The summed E-state index contributed by atoms with van der Waals surface area (Å²) in [5.41, 5.74) is 3.95. The molecule has 1 atom stereocenters. The minimum atomic E-state index is -0.0908. The molecule has 0 spiro atoms. The minimum Gasteiger partial charge on any atom is -0.481 e. The third kappa shape index (κ3) is 2.83. The molecule has 0 saturated carbocycles. The maximum atomic E-state index is 13.8. The van der Waals surface area contributed by atoms with Crippen LogP contribution in [0.1, 0.15) is 34.8 Å². The van der Waals surface area contributed by atoms with E-state index in [1.807, 2.05) is 20.0 Å². The van der Waals surface area contributed by atoms with Crippen LogP contribution in [0.25, 0.3) is 0 Å². The normalized spacial score (nSPS) is 16.3. The zero-order valence-corrected chi connectivity index (χ0v) is 13.8. The van der Waals surface area contributed by atoms with E-state index in [0.29, 0.717) is 6.54 Å².